The number of nitrogens with one attached hydrogen (secondary N) is 2. The molecule has 14 heteroatoms. The van der Waals surface area contributed by atoms with Crippen molar-refractivity contribution in [1.82, 2.24) is 14.6 Å². The maximum Gasteiger partial charge on any atom is 0.459 e. The van der Waals surface area contributed by atoms with Crippen LogP contribution >= 0.6 is 7.75 Å². The summed E-state index contributed by atoms with van der Waals surface area (Å²) in [6, 6.07) is 9.87. The number of ether oxygens (including phenoxy) is 2. The molecular formula is C23H29N4O9P. The van der Waals surface area contributed by atoms with Gasteiger partial charge in [-0.1, -0.05) is 18.2 Å². The summed E-state index contributed by atoms with van der Waals surface area (Å²) in [6.45, 7) is 6.18. The van der Waals surface area contributed by atoms with Gasteiger partial charge in [0.15, 0.2) is 0 Å². The number of nitrogens with zero attached hydrogens (tertiary/aromatic N) is 2. The fourth-order valence-electron chi connectivity index (χ4n) is 3.74. The molecule has 1 aromatic carbocycles. The Kier molecular flexibility index (Phi) is 8.73. The monoisotopic (exact) mass is 536 g/mol. The summed E-state index contributed by atoms with van der Waals surface area (Å²) in [7, 11) is -4.31. The first-order valence-electron chi connectivity index (χ1n) is 11.5. The number of esters is 1. The highest BCUT2D eigenvalue weighted by Gasteiger charge is 2.52. The number of benzene rings is 1. The first-order chi connectivity index (χ1) is 17.4. The largest absolute Gasteiger partial charge is 0.462 e. The smallest absolute Gasteiger partial charge is 0.459 e. The van der Waals surface area contributed by atoms with Crippen molar-refractivity contribution < 1.29 is 33.0 Å². The zero-order chi connectivity index (χ0) is 27.4. The van der Waals surface area contributed by atoms with E-state index in [9.17, 15) is 29.3 Å². The van der Waals surface area contributed by atoms with Gasteiger partial charge in [-0.3, -0.25) is 23.7 Å². The van der Waals surface area contributed by atoms with Crippen LogP contribution in [0.5, 0.6) is 5.75 Å². The van der Waals surface area contributed by atoms with E-state index in [2.05, 4.69) is 5.09 Å². The van der Waals surface area contributed by atoms with Crippen LogP contribution in [0.2, 0.25) is 0 Å². The maximum absolute atomic E-state index is 13.8. The summed E-state index contributed by atoms with van der Waals surface area (Å²) in [5, 5.41) is 23.1. The highest BCUT2D eigenvalue weighted by molar-refractivity contribution is 7.52. The van der Waals surface area contributed by atoms with Crippen molar-refractivity contribution in [2.24, 2.45) is 0 Å². The van der Waals surface area contributed by atoms with Gasteiger partial charge in [0.1, 0.15) is 24.0 Å². The number of nitriles is 1. The van der Waals surface area contributed by atoms with E-state index in [1.165, 1.54) is 26.0 Å². The summed E-state index contributed by atoms with van der Waals surface area (Å²) in [4.78, 5) is 38.1. The predicted molar refractivity (Wildman–Crippen MR) is 129 cm³/mol. The van der Waals surface area contributed by atoms with E-state index in [1.807, 2.05) is 11.1 Å². The van der Waals surface area contributed by atoms with Gasteiger partial charge in [0.25, 0.3) is 5.56 Å². The Morgan fingerprint density at radius 2 is 1.95 bits per heavy atom. The van der Waals surface area contributed by atoms with Crippen LogP contribution in [0.25, 0.3) is 0 Å². The van der Waals surface area contributed by atoms with Gasteiger partial charge in [-0.2, -0.15) is 10.3 Å². The third-order valence-electron chi connectivity index (χ3n) is 5.38. The molecule has 0 bridgehead atoms. The minimum atomic E-state index is -4.31. The van der Waals surface area contributed by atoms with Crippen LogP contribution in [0.15, 0.2) is 52.2 Å². The van der Waals surface area contributed by atoms with Gasteiger partial charge < -0.3 is 19.1 Å². The van der Waals surface area contributed by atoms with Crippen LogP contribution in [0.3, 0.4) is 0 Å². The highest BCUT2D eigenvalue weighted by atomic mass is 31.2. The molecule has 0 unspecified atom stereocenters. The SMILES string of the molecule is CC(C)OC(=O)[C@H](C)N[P@@](=O)(Oc1ccccc1)O[C@H](C)[C@H]1O[C@@](C#N)(n2ccc(=O)[nH]c2=O)C[C@@H]1O. The van der Waals surface area contributed by atoms with Gasteiger partial charge in [0, 0.05) is 18.7 Å². The van der Waals surface area contributed by atoms with Crippen LogP contribution in [0.4, 0.5) is 0 Å². The molecule has 200 valence electrons. The topological polar surface area (TPSA) is 182 Å². The molecule has 1 aliphatic heterocycles. The first-order valence-corrected chi connectivity index (χ1v) is 13.0. The molecule has 0 amide bonds. The van der Waals surface area contributed by atoms with Crippen molar-refractivity contribution in [1.29, 1.82) is 5.26 Å². The lowest BCUT2D eigenvalue weighted by molar-refractivity contribution is -0.149. The summed E-state index contributed by atoms with van der Waals surface area (Å²) in [5.41, 5.74) is -3.54. The number of aliphatic hydroxyl groups is 1. The van der Waals surface area contributed by atoms with Crippen molar-refractivity contribution in [2.75, 3.05) is 0 Å². The van der Waals surface area contributed by atoms with Gasteiger partial charge in [-0.05, 0) is 39.8 Å². The van der Waals surface area contributed by atoms with Crippen LogP contribution in [0.1, 0.15) is 34.1 Å². The van der Waals surface area contributed by atoms with Crippen molar-refractivity contribution >= 4 is 13.7 Å². The van der Waals surface area contributed by atoms with Crippen LogP contribution < -0.4 is 20.9 Å². The van der Waals surface area contributed by atoms with E-state index >= 15 is 0 Å². The molecule has 0 spiro atoms. The molecule has 0 saturated carbocycles. The number of aliphatic hydroxyl groups excluding tert-OH is 1. The van der Waals surface area contributed by atoms with E-state index < -0.39 is 61.1 Å². The van der Waals surface area contributed by atoms with Gasteiger partial charge in [-0.15, -0.1) is 0 Å². The van der Waals surface area contributed by atoms with Gasteiger partial charge in [-0.25, -0.2) is 9.36 Å². The molecule has 3 N–H and O–H groups in total. The first kappa shape index (κ1) is 28.3. The molecule has 3 rings (SSSR count). The molecule has 13 nitrogen and oxygen atoms in total. The number of para-hydroxylation sites is 1. The van der Waals surface area contributed by atoms with E-state index in [0.717, 1.165) is 16.8 Å². The van der Waals surface area contributed by atoms with Gasteiger partial charge in [0.2, 0.25) is 5.72 Å². The molecule has 1 saturated heterocycles. The number of carbonyl (C=O) groups excluding carboxylic acids is 1. The minimum Gasteiger partial charge on any atom is -0.462 e. The Bertz CT molecular complexity index is 1310. The van der Waals surface area contributed by atoms with Gasteiger partial charge in [0.05, 0.1) is 18.3 Å². The van der Waals surface area contributed by atoms with Crippen molar-refractivity contribution in [3.63, 3.8) is 0 Å². The lowest BCUT2D eigenvalue weighted by atomic mass is 10.1. The second-order valence-corrected chi connectivity index (χ2v) is 10.4. The predicted octanol–water partition coefficient (Wildman–Crippen LogP) is 1.38. The quantitative estimate of drug-likeness (QED) is 0.295. The minimum absolute atomic E-state index is 0.175. The molecule has 0 radical (unpaired) electrons. The second-order valence-electron chi connectivity index (χ2n) is 8.78. The zero-order valence-electron chi connectivity index (χ0n) is 20.7. The summed E-state index contributed by atoms with van der Waals surface area (Å²) < 4.78 is 36.9. The third-order valence-corrected chi connectivity index (χ3v) is 7.14. The van der Waals surface area contributed by atoms with E-state index in [0.29, 0.717) is 0 Å². The van der Waals surface area contributed by atoms with Crippen molar-refractivity contribution in [3.05, 3.63) is 63.4 Å². The summed E-state index contributed by atoms with van der Waals surface area (Å²) in [5.74, 6) is -0.518. The number of hydrogen-bond donors (Lipinski definition) is 3. The normalized spacial score (nSPS) is 24.6. The Hall–Kier alpha value is -3.27. The average Bonchev–Trinajstić information content (AvgIpc) is 3.16. The number of rotatable bonds is 10. The molecule has 2 heterocycles. The van der Waals surface area contributed by atoms with Crippen LogP contribution in [-0.4, -0.2) is 51.1 Å². The van der Waals surface area contributed by atoms with Crippen molar-refractivity contribution in [3.8, 4) is 11.8 Å². The number of H-pyrrole nitrogens is 1. The molecule has 37 heavy (non-hydrogen) atoms. The Balaban J connectivity index is 1.86. The standard InChI is InChI=1S/C23H29N4O9P/c1-14(2)33-21(30)15(3)26-37(32,36-17-8-6-5-7-9-17)35-16(4)20-18(28)12-23(13-24,34-20)27-11-10-19(29)25-22(27)31/h5-11,14-16,18,20,28H,12H2,1-4H3,(H,26,32)(H,25,29,31)/t15-,16+,18-,20+,23-,37-/m0/s1. The average molecular weight is 536 g/mol. The molecule has 2 aromatic rings. The van der Waals surface area contributed by atoms with Crippen LogP contribution in [0, 0.1) is 11.3 Å². The molecule has 0 aliphatic carbocycles. The number of aromatic amines is 1. The van der Waals surface area contributed by atoms with E-state index in [4.69, 9.17) is 18.5 Å². The number of carbonyl (C=O) groups is 1. The fraction of sp³-hybridized carbons (Fsp3) is 0.478. The highest BCUT2D eigenvalue weighted by Crippen LogP contribution is 2.48. The number of hydrogen-bond acceptors (Lipinski definition) is 10. The lowest BCUT2D eigenvalue weighted by Crippen LogP contribution is -2.44. The Morgan fingerprint density at radius 3 is 2.54 bits per heavy atom. The fourth-order valence-corrected chi connectivity index (χ4v) is 5.44. The van der Waals surface area contributed by atoms with Gasteiger partial charge >= 0.3 is 19.4 Å². The number of aromatic nitrogens is 2. The van der Waals surface area contributed by atoms with E-state index in [1.54, 1.807) is 32.0 Å². The summed E-state index contributed by atoms with van der Waals surface area (Å²) >= 11 is 0. The van der Waals surface area contributed by atoms with E-state index in [-0.39, 0.29) is 12.2 Å². The third kappa shape index (κ3) is 6.74. The molecule has 1 fully saturated rings. The molecule has 6 atom stereocenters. The maximum atomic E-state index is 13.8. The molecule has 1 aliphatic rings. The zero-order valence-corrected chi connectivity index (χ0v) is 21.6. The molecule has 1 aromatic heterocycles. The summed E-state index contributed by atoms with van der Waals surface area (Å²) in [6.07, 6.45) is -3.42. The second kappa shape index (κ2) is 11.4. The molecular weight excluding hydrogens is 507 g/mol. The lowest BCUT2D eigenvalue weighted by Gasteiger charge is -2.29. The van der Waals surface area contributed by atoms with Crippen LogP contribution in [-0.2, 0) is 29.1 Å². The Labute approximate surface area is 212 Å². The van der Waals surface area contributed by atoms with Crippen molar-refractivity contribution in [2.45, 2.75) is 70.3 Å². The Morgan fingerprint density at radius 1 is 1.27 bits per heavy atom.